The smallest absolute Gasteiger partial charge is 0.409 e. The van der Waals surface area contributed by atoms with E-state index < -0.39 is 30.0 Å². The predicted octanol–water partition coefficient (Wildman–Crippen LogP) is 5.64. The van der Waals surface area contributed by atoms with Crippen LogP contribution in [0.1, 0.15) is 64.9 Å². The second kappa shape index (κ2) is 22.4. The van der Waals surface area contributed by atoms with Crippen LogP contribution in [0.15, 0.2) is 91.0 Å². The summed E-state index contributed by atoms with van der Waals surface area (Å²) in [5.41, 5.74) is 9.03. The van der Waals surface area contributed by atoms with Crippen molar-refractivity contribution < 1.29 is 43.1 Å². The fraction of sp³-hybridized carbons (Fsp3) is 0.333. The van der Waals surface area contributed by atoms with E-state index in [1.165, 1.54) is 12.2 Å². The molecule has 0 bridgehead atoms. The van der Waals surface area contributed by atoms with Crippen molar-refractivity contribution in [2.45, 2.75) is 57.0 Å². The van der Waals surface area contributed by atoms with Crippen LogP contribution in [0, 0.1) is 0 Å². The summed E-state index contributed by atoms with van der Waals surface area (Å²) in [4.78, 5) is 112. The lowest BCUT2D eigenvalue weighted by molar-refractivity contribution is -0.137. The number of piperazine rings is 1. The van der Waals surface area contributed by atoms with Crippen LogP contribution in [0.2, 0.25) is 0 Å². The Morgan fingerprint density at radius 2 is 1.55 bits per heavy atom. The van der Waals surface area contributed by atoms with Crippen LogP contribution in [-0.4, -0.2) is 131 Å². The Hall–Kier alpha value is -7.58. The summed E-state index contributed by atoms with van der Waals surface area (Å²) in [6.07, 6.45) is 4.87. The van der Waals surface area contributed by atoms with Gasteiger partial charge in [-0.1, -0.05) is 46.6 Å². The van der Waals surface area contributed by atoms with Crippen LogP contribution < -0.4 is 36.6 Å². The Morgan fingerprint density at radius 3 is 2.27 bits per heavy atom. The molecule has 0 unspecified atom stereocenters. The fourth-order valence-electron chi connectivity index (χ4n) is 9.00. The number of hydrogen-bond acceptors (Lipinski definition) is 10. The molecule has 8 rings (SSSR count). The average molecular weight is 1030 g/mol. The minimum absolute atomic E-state index is 0.118. The van der Waals surface area contributed by atoms with Crippen molar-refractivity contribution in [3.8, 4) is 5.75 Å². The van der Waals surface area contributed by atoms with Crippen LogP contribution in [0.3, 0.4) is 0 Å². The number of rotatable bonds is 18. The first-order valence-corrected chi connectivity index (χ1v) is 24.7. The number of unbranched alkanes of at least 4 members (excludes halogenated alkanes) is 2. The number of fused-ring (bicyclic) bond motifs is 4. The summed E-state index contributed by atoms with van der Waals surface area (Å²) in [5.74, 6) is -1.86. The second-order valence-corrected chi connectivity index (χ2v) is 18.4. The summed E-state index contributed by atoms with van der Waals surface area (Å²) in [6.45, 7) is 3.07. The van der Waals surface area contributed by atoms with E-state index in [0.29, 0.717) is 95.5 Å². The van der Waals surface area contributed by atoms with Gasteiger partial charge in [-0.25, -0.2) is 9.59 Å². The Morgan fingerprint density at radius 1 is 0.831 bits per heavy atom. The number of H-pyrrole nitrogens is 1. The minimum atomic E-state index is -0.945. The first-order valence-electron chi connectivity index (χ1n) is 23.6. The number of aromatic amines is 1. The molecule has 71 heavy (non-hydrogen) atoms. The lowest BCUT2D eigenvalue weighted by atomic mass is 10.0. The van der Waals surface area contributed by atoms with Crippen LogP contribution in [-0.2, 0) is 25.6 Å². The maximum absolute atomic E-state index is 14.5. The summed E-state index contributed by atoms with van der Waals surface area (Å²) >= 11 is 3.64. The number of alkyl halides is 1. The number of nitrogens with two attached hydrogens (primary N) is 1. The fourth-order valence-corrected chi connectivity index (χ4v) is 9.52. The van der Waals surface area contributed by atoms with Crippen LogP contribution >= 0.6 is 15.9 Å². The molecule has 1 aromatic heterocycles. The summed E-state index contributed by atoms with van der Waals surface area (Å²) in [7, 11) is 2.02. The van der Waals surface area contributed by atoms with Gasteiger partial charge in [-0.15, -0.1) is 0 Å². The molecule has 3 aliphatic heterocycles. The van der Waals surface area contributed by atoms with E-state index in [9.17, 15) is 38.4 Å². The molecule has 3 aliphatic rings. The number of nitrogens with one attached hydrogen (secondary N) is 5. The molecule has 20 heteroatoms. The molecule has 0 aliphatic carbocycles. The Kier molecular flexibility index (Phi) is 15.8. The zero-order valence-electron chi connectivity index (χ0n) is 39.1. The number of likely N-dealkylation sites (N-methyl/N-ethyl adjacent to an activating group) is 1. The Bertz CT molecular complexity index is 2900. The van der Waals surface area contributed by atoms with E-state index in [1.54, 1.807) is 64.4 Å². The molecule has 0 spiro atoms. The average Bonchev–Trinajstić information content (AvgIpc) is 4.06. The molecular weight excluding hydrogens is 977 g/mol. The SMILES string of the molecule is CN1CCN(C(=O)Oc2cc3c(c4ccccc24)C[C@@H](CBr)N3C(=O)c2cc3cc(NC(=O)c4ccc(NC(=O)[C@H](CCCNC(N)=O)NC(=O)CCCCCN5C(=O)C=CC5=O)cc4)ccc3[nH]2)CC1. The number of carbonyl (C=O) groups excluding carboxylic acids is 8. The molecule has 0 saturated carbocycles. The molecule has 1 saturated heterocycles. The molecule has 4 aromatic carbocycles. The highest BCUT2D eigenvalue weighted by atomic mass is 79.9. The first-order chi connectivity index (χ1) is 34.3. The maximum atomic E-state index is 14.5. The van der Waals surface area contributed by atoms with Gasteiger partial charge in [-0.3, -0.25) is 33.7 Å². The van der Waals surface area contributed by atoms with Crippen molar-refractivity contribution in [2.24, 2.45) is 5.73 Å². The predicted molar refractivity (Wildman–Crippen MR) is 272 cm³/mol. The van der Waals surface area contributed by atoms with Crippen LogP contribution in [0.4, 0.5) is 26.7 Å². The summed E-state index contributed by atoms with van der Waals surface area (Å²) in [5, 5.41) is 13.8. The molecule has 0 radical (unpaired) electrons. The Labute approximate surface area is 417 Å². The quantitative estimate of drug-likeness (QED) is 0.0358. The third-order valence-corrected chi connectivity index (χ3v) is 13.6. The Balaban J connectivity index is 0.891. The highest BCUT2D eigenvalue weighted by Crippen LogP contribution is 2.43. The van der Waals surface area contributed by atoms with Gasteiger partial charge in [0.15, 0.2) is 0 Å². The number of benzene rings is 4. The van der Waals surface area contributed by atoms with Gasteiger partial charge in [0.05, 0.1) is 11.7 Å². The van der Waals surface area contributed by atoms with Gasteiger partial charge >= 0.3 is 12.1 Å². The number of ether oxygens (including phenoxy) is 1. The number of amides is 9. The number of anilines is 3. The molecule has 370 valence electrons. The second-order valence-electron chi connectivity index (χ2n) is 17.8. The van der Waals surface area contributed by atoms with E-state index in [4.69, 9.17) is 10.5 Å². The highest BCUT2D eigenvalue weighted by Gasteiger charge is 2.37. The van der Waals surface area contributed by atoms with Gasteiger partial charge in [0.2, 0.25) is 11.8 Å². The number of nitrogens with zero attached hydrogens (tertiary/aromatic N) is 4. The van der Waals surface area contributed by atoms with E-state index in [0.717, 1.165) is 34.3 Å². The van der Waals surface area contributed by atoms with Crippen molar-refractivity contribution in [3.63, 3.8) is 0 Å². The van der Waals surface area contributed by atoms with E-state index in [-0.39, 0.29) is 55.6 Å². The number of imide groups is 1. The van der Waals surface area contributed by atoms with Crippen molar-refractivity contribution in [3.05, 3.63) is 108 Å². The van der Waals surface area contributed by atoms with E-state index >= 15 is 0 Å². The van der Waals surface area contributed by atoms with E-state index in [1.807, 2.05) is 31.3 Å². The number of carbonyl (C=O) groups is 8. The molecule has 9 amide bonds. The van der Waals surface area contributed by atoms with E-state index in [2.05, 4.69) is 47.1 Å². The number of primary amides is 1. The van der Waals surface area contributed by atoms with Gasteiger partial charge in [0.25, 0.3) is 23.6 Å². The van der Waals surface area contributed by atoms with Gasteiger partial charge in [0.1, 0.15) is 17.5 Å². The van der Waals surface area contributed by atoms with Gasteiger partial charge in [0, 0.05) is 102 Å². The van der Waals surface area contributed by atoms with Crippen molar-refractivity contribution in [1.29, 1.82) is 0 Å². The van der Waals surface area contributed by atoms with Gasteiger partial charge in [-0.2, -0.15) is 0 Å². The topological polar surface area (TPSA) is 249 Å². The lowest BCUT2D eigenvalue weighted by Crippen LogP contribution is -2.48. The third kappa shape index (κ3) is 11.9. The molecule has 4 heterocycles. The largest absolute Gasteiger partial charge is 0.415 e. The molecular formula is C51H55BrN10O9. The number of urea groups is 1. The monoisotopic (exact) mass is 1030 g/mol. The van der Waals surface area contributed by atoms with Gasteiger partial charge in [-0.05, 0) is 98.6 Å². The molecule has 1 fully saturated rings. The third-order valence-electron chi connectivity index (χ3n) is 12.8. The molecule has 2 atom stereocenters. The number of halogens is 1. The van der Waals surface area contributed by atoms with Crippen LogP contribution in [0.25, 0.3) is 21.7 Å². The summed E-state index contributed by atoms with van der Waals surface area (Å²) < 4.78 is 6.07. The lowest BCUT2D eigenvalue weighted by Gasteiger charge is -2.31. The first kappa shape index (κ1) is 49.8. The number of aromatic nitrogens is 1. The zero-order valence-corrected chi connectivity index (χ0v) is 40.7. The number of hydrogen-bond donors (Lipinski definition) is 6. The standard InChI is InChI=1S/C51H55BrN10O9/c1-59-22-24-60(25-23-59)51(70)71-43-29-42-38(36-8-4-5-9-37(36)43)28-35(30-52)62(42)49(68)41-27-32-26-34(16-17-39(32)57-41)56-47(66)31-12-14-33(15-13-31)55-48(67)40(10-7-20-54-50(53)69)58-44(63)11-3-2-6-21-61-45(64)18-19-46(61)65/h4-5,8-9,12-19,26-27,29,35,40,57H,2-3,6-7,10-11,20-25,28,30H2,1H3,(H,55,67)(H,56,66)(H,58,63)(H3,53,54,69)/t35-,40-/m0/s1. The normalized spacial score (nSPS) is 16.0. The van der Waals surface area contributed by atoms with Gasteiger partial charge < -0.3 is 51.4 Å². The van der Waals surface area contributed by atoms with Crippen molar-refractivity contribution >= 4 is 102 Å². The minimum Gasteiger partial charge on any atom is -0.409 e. The van der Waals surface area contributed by atoms with Crippen molar-refractivity contribution in [2.75, 3.05) is 67.2 Å². The molecule has 5 aromatic rings. The highest BCUT2D eigenvalue weighted by molar-refractivity contribution is 9.09. The van der Waals surface area contributed by atoms with Crippen LogP contribution in [0.5, 0.6) is 5.75 Å². The zero-order chi connectivity index (χ0) is 50.2. The van der Waals surface area contributed by atoms with Crippen molar-refractivity contribution in [1.82, 2.24) is 30.3 Å². The maximum Gasteiger partial charge on any atom is 0.415 e. The molecule has 7 N–H and O–H groups in total. The molecule has 19 nitrogen and oxygen atoms in total. The summed E-state index contributed by atoms with van der Waals surface area (Å²) in [6, 6.07) is 20.9.